The predicted octanol–water partition coefficient (Wildman–Crippen LogP) is 8.43. The van der Waals surface area contributed by atoms with E-state index < -0.39 is 28.9 Å². The second-order valence-electron chi connectivity index (χ2n) is 19.9. The molecule has 0 unspecified atom stereocenters. The molecule has 0 saturated heterocycles. The van der Waals surface area contributed by atoms with Crippen LogP contribution in [0.25, 0.3) is 11.6 Å². The van der Waals surface area contributed by atoms with Gasteiger partial charge in [-0.25, -0.2) is 4.98 Å². The zero-order valence-corrected chi connectivity index (χ0v) is 34.0. The lowest BCUT2D eigenvalue weighted by molar-refractivity contribution is -0.235. The fraction of sp³-hybridized carbons (Fsp3) is 0.705. The van der Waals surface area contributed by atoms with E-state index in [1.54, 1.807) is 26.0 Å². The molecule has 7 rings (SSSR count). The highest BCUT2D eigenvalue weighted by Crippen LogP contribution is 2.77. The molecule has 0 amide bonds. The molecule has 0 bridgehead atoms. The van der Waals surface area contributed by atoms with E-state index in [2.05, 4.69) is 69.7 Å². The van der Waals surface area contributed by atoms with Crippen molar-refractivity contribution in [1.29, 1.82) is 5.26 Å². The van der Waals surface area contributed by atoms with Gasteiger partial charge in [0.25, 0.3) is 5.89 Å². The Kier molecular flexibility index (Phi) is 9.35. The van der Waals surface area contributed by atoms with Gasteiger partial charge >= 0.3 is 11.9 Å². The second-order valence-corrected chi connectivity index (χ2v) is 19.9. The van der Waals surface area contributed by atoms with E-state index in [0.29, 0.717) is 29.5 Å². The van der Waals surface area contributed by atoms with Crippen molar-refractivity contribution in [3.05, 3.63) is 40.9 Å². The number of carboxylic acids is 1. The number of ketones is 1. The number of aliphatic hydroxyl groups is 1. The van der Waals surface area contributed by atoms with Crippen LogP contribution in [0.1, 0.15) is 144 Å². The number of aliphatic carboxylic acids is 1. The normalized spacial score (nSPS) is 35.9. The number of hydrogen-bond donors (Lipinski definition) is 2. The summed E-state index contributed by atoms with van der Waals surface area (Å²) >= 11 is 0. The minimum atomic E-state index is -1.19. The summed E-state index contributed by atoms with van der Waals surface area (Å²) in [6.07, 6.45) is 7.13. The first-order valence-corrected chi connectivity index (χ1v) is 20.2. The van der Waals surface area contributed by atoms with E-state index in [1.807, 2.05) is 0 Å². The molecule has 55 heavy (non-hydrogen) atoms. The number of nitrogens with zero attached hydrogens (tertiary/aromatic N) is 4. The summed E-state index contributed by atoms with van der Waals surface area (Å²) in [6, 6.07) is 5.33. The monoisotopic (exact) mass is 754 g/mol. The molecule has 9 atom stereocenters. The number of pyridine rings is 1. The summed E-state index contributed by atoms with van der Waals surface area (Å²) in [5.74, 6) is -0.280. The largest absolute Gasteiger partial charge is 0.481 e. The van der Waals surface area contributed by atoms with Crippen LogP contribution in [0.3, 0.4) is 0 Å². The lowest BCUT2D eigenvalue weighted by Crippen LogP contribution is -2.66. The van der Waals surface area contributed by atoms with Gasteiger partial charge in [0, 0.05) is 23.4 Å². The Morgan fingerprint density at radius 1 is 1.00 bits per heavy atom. The summed E-state index contributed by atoms with van der Waals surface area (Å²) in [4.78, 5) is 43.3. The fourth-order valence-corrected chi connectivity index (χ4v) is 13.1. The van der Waals surface area contributed by atoms with Crippen molar-refractivity contribution in [2.45, 2.75) is 139 Å². The Labute approximate surface area is 324 Å². The van der Waals surface area contributed by atoms with Crippen molar-refractivity contribution in [1.82, 2.24) is 15.2 Å². The molecule has 5 aliphatic carbocycles. The Hall–Kier alpha value is -3.91. The molecule has 11 heteroatoms. The number of esters is 1. The van der Waals surface area contributed by atoms with Crippen LogP contribution < -0.4 is 0 Å². The third-order valence-corrected chi connectivity index (χ3v) is 16.2. The first-order valence-electron chi connectivity index (χ1n) is 20.2. The van der Waals surface area contributed by atoms with Crippen molar-refractivity contribution in [3.8, 4) is 17.7 Å². The molecule has 0 aliphatic heterocycles. The molecule has 2 heterocycles. The average Bonchev–Trinajstić information content (AvgIpc) is 3.72. The first kappa shape index (κ1) is 39.3. The number of ether oxygens (including phenoxy) is 1. The number of rotatable bonds is 8. The average molecular weight is 755 g/mol. The van der Waals surface area contributed by atoms with E-state index >= 15 is 0 Å². The van der Waals surface area contributed by atoms with Gasteiger partial charge in [-0.3, -0.25) is 14.4 Å². The number of carbonyl (C=O) groups is 3. The first-order chi connectivity index (χ1) is 25.7. The maximum absolute atomic E-state index is 14.1. The third-order valence-electron chi connectivity index (χ3n) is 16.2. The smallest absolute Gasteiger partial charge is 0.309 e. The molecule has 296 valence electrons. The zero-order chi connectivity index (χ0) is 40.1. The number of carboxylic acid groups (broad SMARTS) is 1. The number of hydrogen-bond acceptors (Lipinski definition) is 10. The second kappa shape index (κ2) is 13.1. The molecule has 2 aromatic rings. The van der Waals surface area contributed by atoms with Gasteiger partial charge in [0.1, 0.15) is 24.0 Å². The van der Waals surface area contributed by atoms with Crippen LogP contribution in [-0.2, 0) is 19.1 Å². The van der Waals surface area contributed by atoms with Crippen LogP contribution >= 0.6 is 0 Å². The highest BCUT2D eigenvalue weighted by atomic mass is 16.5. The van der Waals surface area contributed by atoms with E-state index in [-0.39, 0.29) is 70.0 Å². The number of fused-ring (bicyclic) bond motifs is 7. The van der Waals surface area contributed by atoms with Crippen LogP contribution in [0.15, 0.2) is 33.9 Å². The molecular formula is C44H58N4O7. The van der Waals surface area contributed by atoms with Crippen molar-refractivity contribution < 1.29 is 33.8 Å². The quantitative estimate of drug-likeness (QED) is 0.247. The van der Waals surface area contributed by atoms with Crippen molar-refractivity contribution >= 4 is 17.7 Å². The van der Waals surface area contributed by atoms with Gasteiger partial charge in [0.05, 0.1) is 17.4 Å². The van der Waals surface area contributed by atoms with Crippen molar-refractivity contribution in [3.63, 3.8) is 0 Å². The number of aliphatic hydroxyl groups excluding tert-OH is 1. The highest BCUT2D eigenvalue weighted by molar-refractivity contribution is 6.00. The van der Waals surface area contributed by atoms with E-state index in [4.69, 9.17) is 9.15 Å². The maximum atomic E-state index is 14.1. The van der Waals surface area contributed by atoms with Gasteiger partial charge in [-0.2, -0.15) is 5.26 Å². The van der Waals surface area contributed by atoms with Crippen LogP contribution in [0.4, 0.5) is 0 Å². The topological polar surface area (TPSA) is 176 Å². The Morgan fingerprint density at radius 2 is 1.73 bits per heavy atom. The number of allylic oxidation sites excluding steroid dienone is 1. The van der Waals surface area contributed by atoms with Gasteiger partial charge in [-0.15, -0.1) is 10.2 Å². The Bertz CT molecular complexity index is 1970. The SMILES string of the molecule is CC(C)C1=C2[C@H]3CC[C@@H]4[C@@]5(C)CC[C@H](OC(=O)CC(C)(C)C(=O)O)C(C)(C)[C@@H]5CC[C@@]4(C)[C@]3(C)CC[C@@]2([C@H](O)c2nnc(-c3ccc(C#N)cn3)o2)CC1=O. The third kappa shape index (κ3) is 5.74. The predicted molar refractivity (Wildman–Crippen MR) is 203 cm³/mol. The summed E-state index contributed by atoms with van der Waals surface area (Å²) in [6.45, 7) is 19.2. The maximum Gasteiger partial charge on any atom is 0.309 e. The van der Waals surface area contributed by atoms with Crippen LogP contribution in [-0.4, -0.2) is 49.2 Å². The standard InChI is InChI=1S/C44H58N4O7/c1-24(2)33-28(49)20-44(35(51)37-48-47-36(55-37)27-12-10-25(22-45)23-46-27)19-18-42(8)26(34(33)44)11-13-30-41(7)16-15-31(54-32(50)21-39(3,4)38(52)53)40(5,6)29(41)14-17-43(30,42)9/h10,12,23-24,26,29-31,35,51H,11,13-21H2,1-9H3,(H,52,53)/t26-,29+,30-,31+,35-,41+,42-,43-,44-/m1/s1. The van der Waals surface area contributed by atoms with Gasteiger partial charge in [0.2, 0.25) is 5.89 Å². The highest BCUT2D eigenvalue weighted by Gasteiger charge is 2.71. The number of nitriles is 1. The summed E-state index contributed by atoms with van der Waals surface area (Å²) in [5.41, 5.74) is 0.306. The minimum Gasteiger partial charge on any atom is -0.481 e. The number of Topliss-reactive ketones (excluding diaryl/α,β-unsaturated/α-hetero) is 1. The molecular weight excluding hydrogens is 697 g/mol. The van der Waals surface area contributed by atoms with Gasteiger partial charge in [-0.05, 0) is 128 Å². The molecule has 11 nitrogen and oxygen atoms in total. The Morgan fingerprint density at radius 3 is 2.36 bits per heavy atom. The summed E-state index contributed by atoms with van der Waals surface area (Å²) in [5, 5.41) is 39.7. The number of carbonyl (C=O) groups excluding carboxylic acids is 2. The fourth-order valence-electron chi connectivity index (χ4n) is 13.1. The van der Waals surface area contributed by atoms with Gasteiger partial charge < -0.3 is 19.4 Å². The van der Waals surface area contributed by atoms with Crippen LogP contribution in [0, 0.1) is 67.5 Å². The molecule has 0 radical (unpaired) electrons. The minimum absolute atomic E-state index is 0.00124. The van der Waals surface area contributed by atoms with Crippen LogP contribution in [0.2, 0.25) is 0 Å². The molecule has 4 saturated carbocycles. The molecule has 2 N–H and O–H groups in total. The van der Waals surface area contributed by atoms with E-state index in [0.717, 1.165) is 56.1 Å². The van der Waals surface area contributed by atoms with Crippen LogP contribution in [0.5, 0.6) is 0 Å². The van der Waals surface area contributed by atoms with Gasteiger partial charge in [-0.1, -0.05) is 48.5 Å². The van der Waals surface area contributed by atoms with Gasteiger partial charge in [0.15, 0.2) is 5.78 Å². The van der Waals surface area contributed by atoms with Crippen molar-refractivity contribution in [2.24, 2.45) is 56.2 Å². The Balaban J connectivity index is 1.19. The molecule has 0 aromatic carbocycles. The molecule has 2 aromatic heterocycles. The molecule has 0 spiro atoms. The summed E-state index contributed by atoms with van der Waals surface area (Å²) < 4.78 is 12.3. The summed E-state index contributed by atoms with van der Waals surface area (Å²) in [7, 11) is 0. The molecule has 4 fully saturated rings. The number of aromatic nitrogens is 3. The lowest BCUT2D eigenvalue weighted by atomic mass is 9.33. The molecule has 5 aliphatic rings. The zero-order valence-electron chi connectivity index (χ0n) is 34.0. The van der Waals surface area contributed by atoms with E-state index in [1.165, 1.54) is 6.20 Å². The lowest BCUT2D eigenvalue weighted by Gasteiger charge is -2.72. The van der Waals surface area contributed by atoms with Crippen molar-refractivity contribution in [2.75, 3.05) is 0 Å². The van der Waals surface area contributed by atoms with E-state index in [9.17, 15) is 29.9 Å².